The molecule has 0 unspecified atom stereocenters. The molecule has 0 radical (unpaired) electrons. The van der Waals surface area contributed by atoms with Gasteiger partial charge in [-0.05, 0) is 10.8 Å². The molecule has 14 heavy (non-hydrogen) atoms. The fourth-order valence-corrected chi connectivity index (χ4v) is 3.07. The van der Waals surface area contributed by atoms with Gasteiger partial charge in [0.25, 0.3) is 0 Å². The number of rotatable bonds is 0. The Hall–Kier alpha value is -0.433. The molecule has 0 aliphatic carbocycles. The van der Waals surface area contributed by atoms with Crippen molar-refractivity contribution < 1.29 is 0 Å². The van der Waals surface area contributed by atoms with Gasteiger partial charge < -0.3 is 0 Å². The van der Waals surface area contributed by atoms with E-state index in [4.69, 9.17) is 0 Å². The molecule has 0 saturated heterocycles. The van der Waals surface area contributed by atoms with Crippen LogP contribution in [0.5, 0.6) is 0 Å². The second-order valence-electron chi connectivity index (χ2n) is 6.08. The Morgan fingerprint density at radius 2 is 1.14 bits per heavy atom. The molecular weight excluding hydrogens is 184 g/mol. The topological polar surface area (TPSA) is 0 Å². The highest BCUT2D eigenvalue weighted by atomic mass is 28.2. The highest BCUT2D eigenvalue weighted by Gasteiger charge is 2.18. The van der Waals surface area contributed by atoms with E-state index in [-0.39, 0.29) is 0 Å². The molecule has 1 aromatic heterocycles. The summed E-state index contributed by atoms with van der Waals surface area (Å²) in [4.78, 5) is 0. The van der Waals surface area contributed by atoms with E-state index in [1.807, 2.05) is 0 Å². The van der Waals surface area contributed by atoms with Crippen LogP contribution in [0.3, 0.4) is 0 Å². The van der Waals surface area contributed by atoms with Gasteiger partial charge in [0.15, 0.2) is 0 Å². The summed E-state index contributed by atoms with van der Waals surface area (Å²) in [6, 6.07) is 6.84. The molecule has 0 saturated carbocycles. The first kappa shape index (κ1) is 11.6. The molecule has 1 heteroatoms. The second-order valence-corrected chi connectivity index (χ2v) is 7.61. The lowest BCUT2D eigenvalue weighted by Crippen LogP contribution is -2.19. The minimum absolute atomic E-state index is 0.344. The maximum atomic E-state index is 2.31. The quantitative estimate of drug-likeness (QED) is 0.571. The summed E-state index contributed by atoms with van der Waals surface area (Å²) in [5.41, 5.74) is 0.688. The van der Waals surface area contributed by atoms with Crippen LogP contribution >= 0.6 is 0 Å². The molecule has 0 aliphatic rings. The van der Waals surface area contributed by atoms with Crippen molar-refractivity contribution in [3.63, 3.8) is 0 Å². The Morgan fingerprint density at radius 3 is 1.43 bits per heavy atom. The molecule has 78 valence electrons. The van der Waals surface area contributed by atoms with E-state index < -0.39 is 0 Å². The first-order chi connectivity index (χ1) is 6.21. The molecule has 0 aliphatic heterocycles. The van der Waals surface area contributed by atoms with Gasteiger partial charge in [-0.15, -0.1) is 0 Å². The standard InChI is InChI=1S/C13H22Si/c1-12(2,3)10-8-7-9-11(14-10)13(4,5)6/h7-9,14H,1-6H3. The predicted octanol–water partition coefficient (Wildman–Crippen LogP) is 3.35. The second kappa shape index (κ2) is 3.61. The molecule has 1 aromatic rings. The highest BCUT2D eigenvalue weighted by molar-refractivity contribution is 6.35. The number of hydrogen-bond donors (Lipinski definition) is 0. The molecular formula is C13H22Si. The molecule has 0 amide bonds. The third kappa shape index (κ3) is 2.78. The smallest absolute Gasteiger partial charge is 0.0294 e. The Labute approximate surface area is 90.5 Å². The summed E-state index contributed by atoms with van der Waals surface area (Å²) in [6.45, 7) is 13.9. The van der Waals surface area contributed by atoms with Crippen LogP contribution in [-0.2, 0) is 10.8 Å². The first-order valence-corrected chi connectivity index (χ1v) is 6.48. The van der Waals surface area contributed by atoms with Gasteiger partial charge >= 0.3 is 0 Å². The lowest BCUT2D eigenvalue weighted by molar-refractivity contribution is 0.590. The fraction of sp³-hybridized carbons (Fsp3) is 0.615. The maximum Gasteiger partial charge on any atom is 0.0294 e. The number of hydrogen-bond acceptors (Lipinski definition) is 0. The summed E-state index contributed by atoms with van der Waals surface area (Å²) in [5.74, 6) is 0. The van der Waals surface area contributed by atoms with E-state index in [9.17, 15) is 0 Å². The molecule has 0 bridgehead atoms. The minimum Gasteiger partial charge on any atom is -0.0631 e. The van der Waals surface area contributed by atoms with Gasteiger partial charge in [-0.25, -0.2) is 0 Å². The van der Waals surface area contributed by atoms with Crippen LogP contribution in [0.1, 0.15) is 51.9 Å². The van der Waals surface area contributed by atoms with Gasteiger partial charge in [0.2, 0.25) is 0 Å². The normalized spacial score (nSPS) is 13.0. The van der Waals surface area contributed by atoms with Crippen molar-refractivity contribution in [2.24, 2.45) is 0 Å². The van der Waals surface area contributed by atoms with Crippen LogP contribution in [0.2, 0.25) is 0 Å². The zero-order valence-corrected chi connectivity index (χ0v) is 11.5. The minimum atomic E-state index is 0.344. The molecule has 0 aromatic carbocycles. The summed E-state index contributed by atoms with van der Waals surface area (Å²) in [7, 11) is 0.348. The van der Waals surface area contributed by atoms with Gasteiger partial charge in [-0.1, -0.05) is 70.1 Å². The third-order valence-electron chi connectivity index (χ3n) is 2.59. The monoisotopic (exact) mass is 206 g/mol. The average molecular weight is 206 g/mol. The molecule has 1 rings (SSSR count). The van der Waals surface area contributed by atoms with Crippen molar-refractivity contribution in [1.82, 2.24) is 0 Å². The van der Waals surface area contributed by atoms with Crippen molar-refractivity contribution >= 4 is 9.12 Å². The van der Waals surface area contributed by atoms with E-state index >= 15 is 0 Å². The highest BCUT2D eigenvalue weighted by Crippen LogP contribution is 2.24. The molecule has 0 atom stereocenters. The zero-order valence-electron chi connectivity index (χ0n) is 10.3. The maximum absolute atomic E-state index is 2.31. The van der Waals surface area contributed by atoms with Crippen LogP contribution in [0.25, 0.3) is 0 Å². The van der Waals surface area contributed by atoms with Crippen molar-refractivity contribution in [2.75, 3.05) is 0 Å². The summed E-state index contributed by atoms with van der Waals surface area (Å²) < 4.78 is 0. The summed E-state index contributed by atoms with van der Waals surface area (Å²) >= 11 is 0. The van der Waals surface area contributed by atoms with Crippen LogP contribution < -0.4 is 0 Å². The van der Waals surface area contributed by atoms with Gasteiger partial charge in [-0.3, -0.25) is 0 Å². The van der Waals surface area contributed by atoms with Crippen molar-refractivity contribution in [3.05, 3.63) is 28.5 Å². The van der Waals surface area contributed by atoms with Crippen LogP contribution in [-0.4, -0.2) is 9.12 Å². The van der Waals surface area contributed by atoms with Crippen LogP contribution in [0.15, 0.2) is 18.2 Å². The van der Waals surface area contributed by atoms with Crippen molar-refractivity contribution in [2.45, 2.75) is 52.4 Å². The molecule has 0 spiro atoms. The van der Waals surface area contributed by atoms with Crippen molar-refractivity contribution in [1.29, 1.82) is 0 Å². The summed E-state index contributed by atoms with van der Waals surface area (Å²) in [5, 5.41) is 3.26. The SMILES string of the molecule is CC(C)(C)c1cccc(C(C)(C)C)[siH]1. The van der Waals surface area contributed by atoms with E-state index in [0.717, 1.165) is 0 Å². The molecule has 0 fully saturated rings. The Balaban J connectivity index is 3.15. The first-order valence-electron chi connectivity index (χ1n) is 5.32. The predicted molar refractivity (Wildman–Crippen MR) is 66.6 cm³/mol. The Bertz CT molecular complexity index is 283. The van der Waals surface area contributed by atoms with E-state index in [0.29, 0.717) is 19.9 Å². The van der Waals surface area contributed by atoms with Gasteiger partial charge in [0, 0.05) is 9.12 Å². The van der Waals surface area contributed by atoms with Crippen LogP contribution in [0.4, 0.5) is 0 Å². The summed E-state index contributed by atoms with van der Waals surface area (Å²) in [6.07, 6.45) is 0. The molecule has 0 N–H and O–H groups in total. The van der Waals surface area contributed by atoms with Crippen LogP contribution in [0, 0.1) is 0 Å². The molecule has 0 nitrogen and oxygen atoms in total. The lowest BCUT2D eigenvalue weighted by Gasteiger charge is -2.24. The van der Waals surface area contributed by atoms with E-state index in [2.05, 4.69) is 59.7 Å². The Morgan fingerprint density at radius 1 is 0.786 bits per heavy atom. The Kier molecular flexibility index (Phi) is 3.01. The van der Waals surface area contributed by atoms with Gasteiger partial charge in [-0.2, -0.15) is 0 Å². The largest absolute Gasteiger partial charge is 0.0631 e. The van der Waals surface area contributed by atoms with E-state index in [1.165, 1.54) is 0 Å². The fourth-order valence-electron chi connectivity index (χ4n) is 1.45. The zero-order chi connectivity index (χ0) is 11.0. The average Bonchev–Trinajstić information content (AvgIpc) is 2.01. The van der Waals surface area contributed by atoms with Crippen molar-refractivity contribution in [3.8, 4) is 0 Å². The van der Waals surface area contributed by atoms with Gasteiger partial charge in [0.05, 0.1) is 0 Å². The van der Waals surface area contributed by atoms with Gasteiger partial charge in [0.1, 0.15) is 0 Å². The third-order valence-corrected chi connectivity index (χ3v) is 5.33. The molecule has 1 heterocycles. The lowest BCUT2D eigenvalue weighted by atomic mass is 9.93. The van der Waals surface area contributed by atoms with E-state index in [1.54, 1.807) is 10.3 Å².